The SMILES string of the molecule is C=c1c2cccc3c(Br)ccc(c(=O)n1C)c32. The molecule has 0 fully saturated rings. The zero-order valence-corrected chi connectivity index (χ0v) is 10.9. The van der Waals surface area contributed by atoms with Crippen LogP contribution in [0.1, 0.15) is 0 Å². The lowest BCUT2D eigenvalue weighted by atomic mass is 10.0. The quantitative estimate of drug-likeness (QED) is 0.623. The third kappa shape index (κ3) is 1.29. The van der Waals surface area contributed by atoms with E-state index >= 15 is 0 Å². The number of benzene rings is 2. The van der Waals surface area contributed by atoms with E-state index in [-0.39, 0.29) is 5.56 Å². The van der Waals surface area contributed by atoms with Gasteiger partial charge in [0.15, 0.2) is 0 Å². The van der Waals surface area contributed by atoms with Crippen molar-refractivity contribution in [1.29, 1.82) is 0 Å². The van der Waals surface area contributed by atoms with Crippen LogP contribution < -0.4 is 10.9 Å². The van der Waals surface area contributed by atoms with Crippen LogP contribution >= 0.6 is 15.9 Å². The molecule has 0 bridgehead atoms. The summed E-state index contributed by atoms with van der Waals surface area (Å²) in [6.07, 6.45) is 0. The standard InChI is InChI=1S/C14H10BrNO/c1-8-9-4-3-5-10-12(15)7-6-11(13(9)10)14(17)16(8)2/h3-7H,1H2,2H3. The second-order valence-electron chi connectivity index (χ2n) is 4.13. The molecule has 1 aromatic heterocycles. The summed E-state index contributed by atoms with van der Waals surface area (Å²) in [5.74, 6) is 0. The largest absolute Gasteiger partial charge is 0.311 e. The van der Waals surface area contributed by atoms with Crippen molar-refractivity contribution in [2.75, 3.05) is 0 Å². The van der Waals surface area contributed by atoms with Crippen molar-refractivity contribution in [3.8, 4) is 0 Å². The zero-order chi connectivity index (χ0) is 12.2. The molecular weight excluding hydrogens is 278 g/mol. The summed E-state index contributed by atoms with van der Waals surface area (Å²) in [4.78, 5) is 12.2. The number of rotatable bonds is 0. The minimum absolute atomic E-state index is 0.00574. The maximum absolute atomic E-state index is 12.2. The summed E-state index contributed by atoms with van der Waals surface area (Å²) in [5.41, 5.74) is 0.00574. The summed E-state index contributed by atoms with van der Waals surface area (Å²) in [6.45, 7) is 3.99. The summed E-state index contributed by atoms with van der Waals surface area (Å²) in [6, 6.07) is 9.78. The van der Waals surface area contributed by atoms with Crippen molar-refractivity contribution in [1.82, 2.24) is 4.57 Å². The molecule has 1 heterocycles. The van der Waals surface area contributed by atoms with E-state index in [2.05, 4.69) is 22.5 Å². The van der Waals surface area contributed by atoms with Crippen molar-refractivity contribution < 1.29 is 0 Å². The molecule has 0 amide bonds. The topological polar surface area (TPSA) is 22.0 Å². The normalized spacial score (nSPS) is 11.4. The Kier molecular flexibility index (Phi) is 2.13. The van der Waals surface area contributed by atoms with Gasteiger partial charge in [-0.3, -0.25) is 4.79 Å². The van der Waals surface area contributed by atoms with Gasteiger partial charge in [-0.25, -0.2) is 0 Å². The van der Waals surface area contributed by atoms with E-state index in [0.717, 1.165) is 31.4 Å². The number of hydrogen-bond donors (Lipinski definition) is 0. The molecule has 3 heteroatoms. The molecule has 3 rings (SSSR count). The highest BCUT2D eigenvalue weighted by molar-refractivity contribution is 9.10. The van der Waals surface area contributed by atoms with Crippen molar-refractivity contribution in [2.24, 2.45) is 7.05 Å². The molecule has 17 heavy (non-hydrogen) atoms. The van der Waals surface area contributed by atoms with Crippen LogP contribution in [0.5, 0.6) is 0 Å². The molecule has 3 aromatic rings. The molecule has 84 valence electrons. The van der Waals surface area contributed by atoms with Crippen molar-refractivity contribution in [3.63, 3.8) is 0 Å². The predicted octanol–water partition coefficient (Wildman–Crippen LogP) is 2.58. The Labute approximate surface area is 106 Å². The van der Waals surface area contributed by atoms with E-state index in [9.17, 15) is 4.79 Å². The first-order chi connectivity index (χ1) is 8.11. The lowest BCUT2D eigenvalue weighted by molar-refractivity contribution is 0.849. The lowest BCUT2D eigenvalue weighted by Crippen LogP contribution is -2.30. The van der Waals surface area contributed by atoms with E-state index in [1.165, 1.54) is 0 Å². The molecular formula is C14H10BrNO. The highest BCUT2D eigenvalue weighted by Crippen LogP contribution is 2.28. The Morgan fingerprint density at radius 1 is 1.12 bits per heavy atom. The van der Waals surface area contributed by atoms with E-state index in [1.807, 2.05) is 30.3 Å². The van der Waals surface area contributed by atoms with Crippen LogP contribution in [0.3, 0.4) is 0 Å². The van der Waals surface area contributed by atoms with Gasteiger partial charge in [0.2, 0.25) is 0 Å². The van der Waals surface area contributed by atoms with Gasteiger partial charge >= 0.3 is 0 Å². The second kappa shape index (κ2) is 3.44. The van der Waals surface area contributed by atoms with Crippen LogP contribution in [0.4, 0.5) is 0 Å². The summed E-state index contributed by atoms with van der Waals surface area (Å²) in [5, 5.41) is 4.58. The number of aromatic nitrogens is 1. The first kappa shape index (κ1) is 10.5. The molecule has 0 radical (unpaired) electrons. The summed E-state index contributed by atoms with van der Waals surface area (Å²) in [7, 11) is 1.76. The fourth-order valence-corrected chi connectivity index (χ4v) is 2.74. The molecule has 0 aliphatic carbocycles. The van der Waals surface area contributed by atoms with E-state index in [0.29, 0.717) is 0 Å². The molecule has 0 aliphatic heterocycles. The minimum Gasteiger partial charge on any atom is -0.311 e. The van der Waals surface area contributed by atoms with Crippen LogP contribution in [0.15, 0.2) is 39.6 Å². The Balaban J connectivity index is 2.85. The van der Waals surface area contributed by atoms with Gasteiger partial charge in [0.25, 0.3) is 5.56 Å². The lowest BCUT2D eigenvalue weighted by Gasteiger charge is -2.09. The van der Waals surface area contributed by atoms with Crippen LogP contribution in [-0.4, -0.2) is 4.57 Å². The Morgan fingerprint density at radius 3 is 2.59 bits per heavy atom. The third-order valence-electron chi connectivity index (χ3n) is 3.24. The van der Waals surface area contributed by atoms with Gasteiger partial charge in [-0.1, -0.05) is 40.7 Å². The second-order valence-corrected chi connectivity index (χ2v) is 4.99. The van der Waals surface area contributed by atoms with Crippen LogP contribution in [-0.2, 0) is 7.05 Å². The minimum atomic E-state index is 0.00574. The van der Waals surface area contributed by atoms with Gasteiger partial charge in [-0.2, -0.15) is 0 Å². The number of hydrogen-bond acceptors (Lipinski definition) is 1. The average molecular weight is 288 g/mol. The summed E-state index contributed by atoms with van der Waals surface area (Å²) < 4.78 is 2.61. The van der Waals surface area contributed by atoms with Gasteiger partial charge in [-0.15, -0.1) is 0 Å². The third-order valence-corrected chi connectivity index (χ3v) is 3.93. The van der Waals surface area contributed by atoms with Gasteiger partial charge in [0, 0.05) is 33.0 Å². The molecule has 0 spiro atoms. The molecule has 0 saturated heterocycles. The first-order valence-corrected chi connectivity index (χ1v) is 6.09. The highest BCUT2D eigenvalue weighted by atomic mass is 79.9. The zero-order valence-electron chi connectivity index (χ0n) is 9.33. The van der Waals surface area contributed by atoms with Gasteiger partial charge < -0.3 is 4.57 Å². The molecule has 2 aromatic carbocycles. The fourth-order valence-electron chi connectivity index (χ4n) is 2.27. The average Bonchev–Trinajstić information content (AvgIpc) is 2.35. The van der Waals surface area contributed by atoms with Crippen molar-refractivity contribution in [2.45, 2.75) is 0 Å². The highest BCUT2D eigenvalue weighted by Gasteiger charge is 2.10. The number of nitrogens with zero attached hydrogens (tertiary/aromatic N) is 1. The van der Waals surface area contributed by atoms with Crippen molar-refractivity contribution in [3.05, 3.63) is 50.5 Å². The van der Waals surface area contributed by atoms with E-state index < -0.39 is 0 Å². The predicted molar refractivity (Wildman–Crippen MR) is 75.1 cm³/mol. The van der Waals surface area contributed by atoms with E-state index in [1.54, 1.807) is 11.6 Å². The van der Waals surface area contributed by atoms with Gasteiger partial charge in [0.05, 0.1) is 0 Å². The maximum atomic E-state index is 12.2. The first-order valence-electron chi connectivity index (χ1n) is 5.30. The Hall–Kier alpha value is -1.61. The monoisotopic (exact) mass is 287 g/mol. The smallest absolute Gasteiger partial charge is 0.258 e. The van der Waals surface area contributed by atoms with Gasteiger partial charge in [0.1, 0.15) is 0 Å². The number of pyridine rings is 1. The Bertz CT molecular complexity index is 815. The summed E-state index contributed by atoms with van der Waals surface area (Å²) >= 11 is 3.52. The molecule has 0 atom stereocenters. The van der Waals surface area contributed by atoms with Crippen LogP contribution in [0, 0.1) is 0 Å². The molecule has 0 N–H and O–H groups in total. The van der Waals surface area contributed by atoms with E-state index in [4.69, 9.17) is 0 Å². The number of halogens is 1. The fraction of sp³-hybridized carbons (Fsp3) is 0.0714. The molecule has 0 aliphatic rings. The van der Waals surface area contributed by atoms with Gasteiger partial charge in [-0.05, 0) is 17.5 Å². The maximum Gasteiger partial charge on any atom is 0.258 e. The molecule has 2 nitrogen and oxygen atoms in total. The van der Waals surface area contributed by atoms with Crippen LogP contribution in [0.2, 0.25) is 0 Å². The molecule has 0 saturated carbocycles. The van der Waals surface area contributed by atoms with Crippen LogP contribution in [0.25, 0.3) is 28.1 Å². The molecule has 0 unspecified atom stereocenters. The van der Waals surface area contributed by atoms with Crippen molar-refractivity contribution >= 4 is 44.1 Å². The Morgan fingerprint density at radius 2 is 1.82 bits per heavy atom.